The first-order chi connectivity index (χ1) is 12.6. The van der Waals surface area contributed by atoms with Crippen molar-refractivity contribution < 1.29 is 9.53 Å². The number of aliphatic imine (C=N–C) groups is 1. The van der Waals surface area contributed by atoms with E-state index < -0.39 is 0 Å². The van der Waals surface area contributed by atoms with Crippen LogP contribution in [0.2, 0.25) is 0 Å². The fourth-order valence-electron chi connectivity index (χ4n) is 2.23. The van der Waals surface area contributed by atoms with Crippen LogP contribution in [0.15, 0.2) is 29.3 Å². The summed E-state index contributed by atoms with van der Waals surface area (Å²) in [7, 11) is 1.74. The number of nitrogens with one attached hydrogen (secondary N) is 3. The molecular formula is C20H35IN4O2. The van der Waals surface area contributed by atoms with Crippen LogP contribution < -0.4 is 16.0 Å². The molecule has 1 aromatic rings. The monoisotopic (exact) mass is 490 g/mol. The first-order valence-corrected chi connectivity index (χ1v) is 9.46. The molecule has 3 N–H and O–H groups in total. The Morgan fingerprint density at radius 2 is 1.93 bits per heavy atom. The lowest BCUT2D eigenvalue weighted by atomic mass is 10.1. The predicted octanol–water partition coefficient (Wildman–Crippen LogP) is 3.17. The van der Waals surface area contributed by atoms with Gasteiger partial charge in [0, 0.05) is 38.9 Å². The summed E-state index contributed by atoms with van der Waals surface area (Å²) in [5, 5.41) is 9.38. The highest BCUT2D eigenvalue weighted by Gasteiger charge is 2.05. The number of carbonyl (C=O) groups excluding carboxylic acids is 1. The van der Waals surface area contributed by atoms with Crippen LogP contribution in [-0.2, 0) is 11.3 Å². The smallest absolute Gasteiger partial charge is 0.251 e. The molecule has 0 spiro atoms. The second kappa shape index (κ2) is 15.7. The number of carbonyl (C=O) groups is 1. The average molecular weight is 490 g/mol. The van der Waals surface area contributed by atoms with Gasteiger partial charge in [-0.1, -0.05) is 32.9 Å². The summed E-state index contributed by atoms with van der Waals surface area (Å²) in [4.78, 5) is 16.2. The highest BCUT2D eigenvalue weighted by Crippen LogP contribution is 2.05. The third kappa shape index (κ3) is 11.9. The van der Waals surface area contributed by atoms with E-state index in [0.29, 0.717) is 37.7 Å². The van der Waals surface area contributed by atoms with E-state index >= 15 is 0 Å². The van der Waals surface area contributed by atoms with Crippen molar-refractivity contribution in [3.63, 3.8) is 0 Å². The molecule has 1 amide bonds. The molecule has 154 valence electrons. The van der Waals surface area contributed by atoms with E-state index in [4.69, 9.17) is 4.74 Å². The summed E-state index contributed by atoms with van der Waals surface area (Å²) in [5.41, 5.74) is 1.71. The number of guanidine groups is 1. The molecular weight excluding hydrogens is 455 g/mol. The number of ether oxygens (including phenoxy) is 1. The standard InChI is InChI=1S/C20H34N4O2.HI/c1-5-10-22-19(25)18-8-6-7-17(14-18)15-24-20(21-4)23-11-13-26-12-9-16(2)3;/h6-8,14,16H,5,9-13,15H2,1-4H3,(H,22,25)(H2,21,23,24);1H. The zero-order chi connectivity index (χ0) is 19.2. The van der Waals surface area contributed by atoms with Crippen LogP contribution in [0.25, 0.3) is 0 Å². The lowest BCUT2D eigenvalue weighted by Crippen LogP contribution is -2.38. The van der Waals surface area contributed by atoms with Crippen LogP contribution in [0.1, 0.15) is 49.5 Å². The Morgan fingerprint density at radius 3 is 2.59 bits per heavy atom. The lowest BCUT2D eigenvalue weighted by Gasteiger charge is -2.13. The fourth-order valence-corrected chi connectivity index (χ4v) is 2.23. The summed E-state index contributed by atoms with van der Waals surface area (Å²) in [5.74, 6) is 1.35. The van der Waals surface area contributed by atoms with Gasteiger partial charge < -0.3 is 20.7 Å². The maximum Gasteiger partial charge on any atom is 0.251 e. The van der Waals surface area contributed by atoms with E-state index in [9.17, 15) is 4.79 Å². The molecule has 0 aromatic heterocycles. The highest BCUT2D eigenvalue weighted by atomic mass is 127. The molecule has 0 aliphatic carbocycles. The third-order valence-corrected chi connectivity index (χ3v) is 3.79. The Hall–Kier alpha value is -1.35. The molecule has 0 aliphatic heterocycles. The van der Waals surface area contributed by atoms with E-state index in [1.807, 2.05) is 31.2 Å². The van der Waals surface area contributed by atoms with Crippen molar-refractivity contribution in [1.29, 1.82) is 0 Å². The van der Waals surface area contributed by atoms with Gasteiger partial charge in [-0.25, -0.2) is 0 Å². The van der Waals surface area contributed by atoms with Gasteiger partial charge in [0.15, 0.2) is 5.96 Å². The maximum atomic E-state index is 12.0. The Morgan fingerprint density at radius 1 is 1.15 bits per heavy atom. The van der Waals surface area contributed by atoms with Crippen molar-refractivity contribution in [2.45, 2.75) is 40.2 Å². The molecule has 0 aliphatic rings. The zero-order valence-electron chi connectivity index (χ0n) is 17.0. The summed E-state index contributed by atoms with van der Waals surface area (Å²) < 4.78 is 5.59. The molecule has 0 saturated carbocycles. The number of nitrogens with zero attached hydrogens (tertiary/aromatic N) is 1. The van der Waals surface area contributed by atoms with E-state index in [1.165, 1.54) is 0 Å². The van der Waals surface area contributed by atoms with Crippen LogP contribution in [0.4, 0.5) is 0 Å². The summed E-state index contributed by atoms with van der Waals surface area (Å²) in [6.07, 6.45) is 2.01. The van der Waals surface area contributed by atoms with Gasteiger partial charge in [-0.15, -0.1) is 24.0 Å². The second-order valence-electron chi connectivity index (χ2n) is 6.60. The van der Waals surface area contributed by atoms with Crippen molar-refractivity contribution in [3.8, 4) is 0 Å². The molecule has 7 heteroatoms. The molecule has 0 fully saturated rings. The minimum absolute atomic E-state index is 0. The topological polar surface area (TPSA) is 74.8 Å². The minimum atomic E-state index is -0.0326. The first-order valence-electron chi connectivity index (χ1n) is 9.46. The first kappa shape index (κ1) is 25.6. The maximum absolute atomic E-state index is 12.0. The van der Waals surface area contributed by atoms with Crippen molar-refractivity contribution in [3.05, 3.63) is 35.4 Å². The minimum Gasteiger partial charge on any atom is -0.380 e. The van der Waals surface area contributed by atoms with Gasteiger partial charge in [0.25, 0.3) is 5.91 Å². The molecule has 0 bridgehead atoms. The molecule has 6 nitrogen and oxygen atoms in total. The summed E-state index contributed by atoms with van der Waals surface area (Å²) in [6, 6.07) is 7.62. The largest absolute Gasteiger partial charge is 0.380 e. The van der Waals surface area contributed by atoms with Crippen molar-refractivity contribution >= 4 is 35.8 Å². The molecule has 1 rings (SSSR count). The van der Waals surface area contributed by atoms with Gasteiger partial charge in [0.2, 0.25) is 0 Å². The zero-order valence-corrected chi connectivity index (χ0v) is 19.3. The van der Waals surface area contributed by atoms with Crippen LogP contribution in [-0.4, -0.2) is 45.2 Å². The van der Waals surface area contributed by atoms with Crippen LogP contribution in [0.3, 0.4) is 0 Å². The van der Waals surface area contributed by atoms with E-state index in [2.05, 4.69) is 34.8 Å². The second-order valence-corrected chi connectivity index (χ2v) is 6.60. The Balaban J connectivity index is 0.00000676. The predicted molar refractivity (Wildman–Crippen MR) is 123 cm³/mol. The third-order valence-electron chi connectivity index (χ3n) is 3.79. The number of hydrogen-bond acceptors (Lipinski definition) is 3. The van der Waals surface area contributed by atoms with Gasteiger partial charge in [-0.05, 0) is 36.5 Å². The van der Waals surface area contributed by atoms with Crippen LogP contribution in [0.5, 0.6) is 0 Å². The van der Waals surface area contributed by atoms with Gasteiger partial charge in [0.1, 0.15) is 0 Å². The van der Waals surface area contributed by atoms with E-state index in [1.54, 1.807) is 7.05 Å². The van der Waals surface area contributed by atoms with Crippen molar-refractivity contribution in [1.82, 2.24) is 16.0 Å². The highest BCUT2D eigenvalue weighted by molar-refractivity contribution is 14.0. The van der Waals surface area contributed by atoms with Gasteiger partial charge >= 0.3 is 0 Å². The van der Waals surface area contributed by atoms with E-state index in [-0.39, 0.29) is 29.9 Å². The molecule has 0 heterocycles. The number of hydrogen-bond donors (Lipinski definition) is 3. The van der Waals surface area contributed by atoms with Gasteiger partial charge in [-0.2, -0.15) is 0 Å². The summed E-state index contributed by atoms with van der Waals surface area (Å²) in [6.45, 7) is 9.86. The normalized spacial score (nSPS) is 11.1. The SMILES string of the molecule is CCCNC(=O)c1cccc(CNC(=NC)NCCOCCC(C)C)c1.I. The van der Waals surface area contributed by atoms with Crippen LogP contribution in [0, 0.1) is 5.92 Å². The Kier molecular flexibility index (Phi) is 14.9. The van der Waals surface area contributed by atoms with Gasteiger partial charge in [-0.3, -0.25) is 9.79 Å². The quantitative estimate of drug-likeness (QED) is 0.193. The molecule has 0 radical (unpaired) electrons. The number of benzene rings is 1. The molecule has 0 unspecified atom stereocenters. The Bertz CT molecular complexity index is 565. The summed E-state index contributed by atoms with van der Waals surface area (Å²) >= 11 is 0. The number of halogens is 1. The van der Waals surface area contributed by atoms with Gasteiger partial charge in [0.05, 0.1) is 6.61 Å². The Labute approximate surface area is 181 Å². The molecule has 0 atom stereocenters. The lowest BCUT2D eigenvalue weighted by molar-refractivity contribution is 0.0953. The molecule has 1 aromatic carbocycles. The molecule has 27 heavy (non-hydrogen) atoms. The van der Waals surface area contributed by atoms with Crippen molar-refractivity contribution in [2.75, 3.05) is 33.4 Å². The number of amides is 1. The molecule has 0 saturated heterocycles. The van der Waals surface area contributed by atoms with E-state index in [0.717, 1.165) is 31.0 Å². The average Bonchev–Trinajstić information content (AvgIpc) is 2.64. The van der Waals surface area contributed by atoms with Crippen molar-refractivity contribution in [2.24, 2.45) is 10.9 Å². The fraction of sp³-hybridized carbons (Fsp3) is 0.600. The number of rotatable bonds is 11. The van der Waals surface area contributed by atoms with Crippen LogP contribution >= 0.6 is 24.0 Å².